The van der Waals surface area contributed by atoms with Crippen LogP contribution in [-0.4, -0.2) is 25.5 Å². The zero-order valence-corrected chi connectivity index (χ0v) is 11.8. The Kier molecular flexibility index (Phi) is 4.05. The Hall–Kier alpha value is -2.33. The molecule has 0 aliphatic carbocycles. The topological polar surface area (TPSA) is 88.5 Å². The molecule has 0 aromatic carbocycles. The largest absolute Gasteiger partial charge is 0.308 e. The highest BCUT2D eigenvalue weighted by Crippen LogP contribution is 2.18. The van der Waals surface area contributed by atoms with Gasteiger partial charge in [-0.2, -0.15) is 15.5 Å². The van der Waals surface area contributed by atoms with Crippen LogP contribution < -0.4 is 5.32 Å². The van der Waals surface area contributed by atoms with E-state index in [2.05, 4.69) is 15.5 Å². The van der Waals surface area contributed by atoms with E-state index in [0.717, 1.165) is 0 Å². The Labute approximate surface area is 120 Å². The molecule has 1 N–H and O–H groups in total. The number of carbonyl (C=O) groups is 1. The Bertz CT molecular complexity index is 668. The van der Waals surface area contributed by atoms with Crippen LogP contribution in [0.5, 0.6) is 0 Å². The minimum absolute atomic E-state index is 0.271. The lowest BCUT2D eigenvalue weighted by Gasteiger charge is -2.15. The van der Waals surface area contributed by atoms with Gasteiger partial charge in [0.25, 0.3) is 0 Å². The van der Waals surface area contributed by atoms with Crippen LogP contribution in [0, 0.1) is 11.3 Å². The smallest absolute Gasteiger partial charge is 0.250 e. The predicted molar refractivity (Wildman–Crippen MR) is 73.1 cm³/mol. The van der Waals surface area contributed by atoms with E-state index < -0.39 is 6.04 Å². The van der Waals surface area contributed by atoms with Gasteiger partial charge in [0.15, 0.2) is 0 Å². The van der Waals surface area contributed by atoms with Gasteiger partial charge < -0.3 is 5.32 Å². The molecule has 0 spiro atoms. The first-order chi connectivity index (χ1) is 9.56. The molecule has 7 nitrogen and oxygen atoms in total. The second-order valence-electron chi connectivity index (χ2n) is 4.19. The highest BCUT2D eigenvalue weighted by molar-refractivity contribution is 6.30. The molecule has 8 heteroatoms. The standard InChI is InChI=1S/C12H13ClN6O/c1-3-10(19-7-9(13)6-16-19)12(20)17-11-8(4-14)5-15-18(11)2/h5-7,10H,3H2,1-2H3,(H,17,20). The lowest BCUT2D eigenvalue weighted by Crippen LogP contribution is -2.27. The number of amides is 1. The third kappa shape index (κ3) is 2.65. The first-order valence-electron chi connectivity index (χ1n) is 5.99. The molecule has 2 aromatic rings. The first kappa shape index (κ1) is 14.1. The highest BCUT2D eigenvalue weighted by Gasteiger charge is 2.21. The van der Waals surface area contributed by atoms with Gasteiger partial charge in [-0.3, -0.25) is 14.2 Å². The van der Waals surface area contributed by atoms with Crippen molar-refractivity contribution in [1.29, 1.82) is 5.26 Å². The lowest BCUT2D eigenvalue weighted by atomic mass is 10.2. The number of aromatic nitrogens is 4. The van der Waals surface area contributed by atoms with Gasteiger partial charge in [0.05, 0.1) is 17.4 Å². The average Bonchev–Trinajstić information content (AvgIpc) is 2.98. The number of nitriles is 1. The fraction of sp³-hybridized carbons (Fsp3) is 0.333. The molecule has 0 radical (unpaired) electrons. The summed E-state index contributed by atoms with van der Waals surface area (Å²) in [6.07, 6.45) is 5.01. The van der Waals surface area contributed by atoms with E-state index >= 15 is 0 Å². The van der Waals surface area contributed by atoms with Crippen molar-refractivity contribution in [3.63, 3.8) is 0 Å². The van der Waals surface area contributed by atoms with Crippen LogP contribution in [0.2, 0.25) is 5.02 Å². The van der Waals surface area contributed by atoms with Crippen molar-refractivity contribution in [2.75, 3.05) is 5.32 Å². The number of nitrogens with one attached hydrogen (secondary N) is 1. The van der Waals surface area contributed by atoms with Gasteiger partial charge >= 0.3 is 0 Å². The molecule has 0 saturated heterocycles. The molecule has 2 rings (SSSR count). The number of hydrogen-bond acceptors (Lipinski definition) is 4. The number of rotatable bonds is 4. The quantitative estimate of drug-likeness (QED) is 0.929. The van der Waals surface area contributed by atoms with E-state index in [4.69, 9.17) is 16.9 Å². The van der Waals surface area contributed by atoms with Crippen LogP contribution in [-0.2, 0) is 11.8 Å². The third-order valence-corrected chi connectivity index (χ3v) is 3.07. The van der Waals surface area contributed by atoms with Crippen molar-refractivity contribution in [1.82, 2.24) is 19.6 Å². The summed E-state index contributed by atoms with van der Waals surface area (Å²) in [4.78, 5) is 12.3. The minimum atomic E-state index is -0.496. The summed E-state index contributed by atoms with van der Waals surface area (Å²) in [7, 11) is 1.65. The molecule has 0 fully saturated rings. The van der Waals surface area contributed by atoms with Crippen LogP contribution in [0.4, 0.5) is 5.82 Å². The van der Waals surface area contributed by atoms with Gasteiger partial charge in [-0.1, -0.05) is 18.5 Å². The van der Waals surface area contributed by atoms with Crippen molar-refractivity contribution in [3.05, 3.63) is 29.2 Å². The van der Waals surface area contributed by atoms with Crippen LogP contribution in [0.3, 0.4) is 0 Å². The van der Waals surface area contributed by atoms with E-state index in [9.17, 15) is 4.79 Å². The van der Waals surface area contributed by atoms with E-state index in [1.165, 1.54) is 21.8 Å². The first-order valence-corrected chi connectivity index (χ1v) is 6.37. The van der Waals surface area contributed by atoms with Crippen molar-refractivity contribution in [2.45, 2.75) is 19.4 Å². The molecule has 1 atom stereocenters. The van der Waals surface area contributed by atoms with Crippen molar-refractivity contribution < 1.29 is 4.79 Å². The second-order valence-corrected chi connectivity index (χ2v) is 4.63. The molecule has 1 unspecified atom stereocenters. The van der Waals surface area contributed by atoms with E-state index in [-0.39, 0.29) is 5.91 Å². The van der Waals surface area contributed by atoms with E-state index in [1.807, 2.05) is 13.0 Å². The Morgan fingerprint density at radius 2 is 2.30 bits per heavy atom. The summed E-state index contributed by atoms with van der Waals surface area (Å²) in [5, 5.41) is 20.1. The van der Waals surface area contributed by atoms with Gasteiger partial charge in [0.1, 0.15) is 23.5 Å². The molecule has 2 aromatic heterocycles. The zero-order valence-electron chi connectivity index (χ0n) is 11.0. The van der Waals surface area contributed by atoms with Crippen LogP contribution in [0.1, 0.15) is 24.9 Å². The second kappa shape index (κ2) is 5.75. The van der Waals surface area contributed by atoms with Gasteiger partial charge in [0, 0.05) is 13.2 Å². The molecule has 0 aliphatic heterocycles. The number of anilines is 1. The zero-order chi connectivity index (χ0) is 14.7. The lowest BCUT2D eigenvalue weighted by molar-refractivity contribution is -0.119. The molecule has 0 aliphatic rings. The average molecular weight is 293 g/mol. The normalized spacial score (nSPS) is 11.9. The third-order valence-electron chi connectivity index (χ3n) is 2.88. The molecule has 1 amide bonds. The number of carbonyl (C=O) groups excluding carboxylic acids is 1. The molecule has 0 bridgehead atoms. The summed E-state index contributed by atoms with van der Waals surface area (Å²) >= 11 is 5.81. The monoisotopic (exact) mass is 292 g/mol. The van der Waals surface area contributed by atoms with Crippen LogP contribution >= 0.6 is 11.6 Å². The predicted octanol–water partition coefficient (Wildman–Crippen LogP) is 1.73. The van der Waals surface area contributed by atoms with Gasteiger partial charge in [0.2, 0.25) is 5.91 Å². The molecule has 104 valence electrons. The Morgan fingerprint density at radius 3 is 2.85 bits per heavy atom. The maximum atomic E-state index is 12.3. The van der Waals surface area contributed by atoms with Crippen LogP contribution in [0.25, 0.3) is 0 Å². The number of hydrogen-bond donors (Lipinski definition) is 1. The van der Waals surface area contributed by atoms with E-state index in [0.29, 0.717) is 22.8 Å². The molecular weight excluding hydrogens is 280 g/mol. The van der Waals surface area contributed by atoms with Gasteiger partial charge in [-0.25, -0.2) is 0 Å². The van der Waals surface area contributed by atoms with Crippen molar-refractivity contribution in [2.24, 2.45) is 7.05 Å². The number of nitrogens with zero attached hydrogens (tertiary/aromatic N) is 5. The Balaban J connectivity index is 2.22. The summed E-state index contributed by atoms with van der Waals surface area (Å²) in [6, 6.07) is 1.48. The summed E-state index contributed by atoms with van der Waals surface area (Å²) < 4.78 is 2.94. The maximum Gasteiger partial charge on any atom is 0.250 e. The fourth-order valence-electron chi connectivity index (χ4n) is 1.85. The molecule has 0 saturated carbocycles. The molecule has 20 heavy (non-hydrogen) atoms. The highest BCUT2D eigenvalue weighted by atomic mass is 35.5. The van der Waals surface area contributed by atoms with Gasteiger partial charge in [-0.05, 0) is 6.42 Å². The summed E-state index contributed by atoms with van der Waals surface area (Å²) in [5.74, 6) is 0.0987. The van der Waals surface area contributed by atoms with Crippen molar-refractivity contribution >= 4 is 23.3 Å². The molecular formula is C12H13ClN6O. The van der Waals surface area contributed by atoms with Crippen LogP contribution in [0.15, 0.2) is 18.6 Å². The molecule has 2 heterocycles. The summed E-state index contributed by atoms with van der Waals surface area (Å²) in [5.41, 5.74) is 0.314. The Morgan fingerprint density at radius 1 is 1.55 bits per heavy atom. The SMILES string of the molecule is CCC(C(=O)Nc1c(C#N)cnn1C)n1cc(Cl)cn1. The van der Waals surface area contributed by atoms with Gasteiger partial charge in [-0.15, -0.1) is 0 Å². The fourth-order valence-corrected chi connectivity index (χ4v) is 1.99. The number of aryl methyl sites for hydroxylation is 1. The number of halogens is 1. The van der Waals surface area contributed by atoms with E-state index in [1.54, 1.807) is 13.2 Å². The minimum Gasteiger partial charge on any atom is -0.308 e. The summed E-state index contributed by atoms with van der Waals surface area (Å²) in [6.45, 7) is 1.87. The van der Waals surface area contributed by atoms with Crippen molar-refractivity contribution in [3.8, 4) is 6.07 Å². The maximum absolute atomic E-state index is 12.3.